The minimum Gasteiger partial charge on any atom is -0.478 e. The Morgan fingerprint density at radius 2 is 1.62 bits per heavy atom. The van der Waals surface area contributed by atoms with Gasteiger partial charge < -0.3 is 15.1 Å². The Morgan fingerprint density at radius 3 is 2.24 bits per heavy atom. The van der Waals surface area contributed by atoms with Crippen molar-refractivity contribution in [1.29, 1.82) is 0 Å². The molecule has 0 radical (unpaired) electrons. The number of thiazole rings is 1. The van der Waals surface area contributed by atoms with Gasteiger partial charge in [-0.05, 0) is 81.3 Å². The zero-order valence-electron chi connectivity index (χ0n) is 21.2. The first-order valence-electron chi connectivity index (χ1n) is 12.0. The van der Waals surface area contributed by atoms with Crippen LogP contribution in [0.5, 0.6) is 0 Å². The van der Waals surface area contributed by atoms with Crippen molar-refractivity contribution in [3.8, 4) is 0 Å². The average Bonchev–Trinajstić information content (AvgIpc) is 3.39. The molecule has 0 saturated heterocycles. The molecule has 37 heavy (non-hydrogen) atoms. The number of carbonyl (C=O) groups is 2. The molecule has 1 aromatic heterocycles. The van der Waals surface area contributed by atoms with Crippen LogP contribution in [0.15, 0.2) is 69.6 Å². The SMILES string of the molecule is CCN1/C(=C\C=C\c2sc3cc(/C=C(\C)C(=O)O)ccc3[n+]2CC)Sc2cc(/C=C(\C)C(=O)O)ccc21. The van der Waals surface area contributed by atoms with Crippen molar-refractivity contribution in [3.63, 3.8) is 0 Å². The fourth-order valence-electron chi connectivity index (χ4n) is 4.16. The van der Waals surface area contributed by atoms with Crippen LogP contribution in [-0.4, -0.2) is 28.7 Å². The number of aliphatic carboxylic acids is 2. The summed E-state index contributed by atoms with van der Waals surface area (Å²) in [7, 11) is 0. The number of anilines is 1. The number of benzene rings is 2. The number of rotatable bonds is 8. The lowest BCUT2D eigenvalue weighted by Gasteiger charge is -2.17. The second-order valence-electron chi connectivity index (χ2n) is 8.61. The van der Waals surface area contributed by atoms with Gasteiger partial charge >= 0.3 is 11.9 Å². The summed E-state index contributed by atoms with van der Waals surface area (Å²) in [6, 6.07) is 12.1. The summed E-state index contributed by atoms with van der Waals surface area (Å²) in [6.07, 6.45) is 9.67. The molecule has 0 bridgehead atoms. The number of thioether (sulfide) groups is 1. The van der Waals surface area contributed by atoms with Crippen molar-refractivity contribution < 1.29 is 24.4 Å². The van der Waals surface area contributed by atoms with Gasteiger partial charge in [-0.25, -0.2) is 9.59 Å². The van der Waals surface area contributed by atoms with E-state index in [4.69, 9.17) is 0 Å². The first-order valence-corrected chi connectivity index (χ1v) is 13.6. The molecule has 8 heteroatoms. The smallest absolute Gasteiger partial charge is 0.331 e. The standard InChI is InChI=1S/C29H28N2O4S2/c1-5-30-22-12-10-20(14-18(3)28(32)33)16-24(22)36-26(30)8-7-9-27-31(6-2)23-13-11-21(17-25(23)37-27)15-19(4)29(34)35/h7-17H,5-6H2,1-4H3,(H-,32,33,34,35)/p+1/b18-14+,19-15+. The number of carboxylic acids is 2. The summed E-state index contributed by atoms with van der Waals surface area (Å²) in [4.78, 5) is 25.7. The zero-order chi connectivity index (χ0) is 26.7. The maximum atomic E-state index is 11.2. The van der Waals surface area contributed by atoms with E-state index in [9.17, 15) is 19.8 Å². The molecule has 4 rings (SSSR count). The van der Waals surface area contributed by atoms with E-state index in [1.165, 1.54) is 0 Å². The van der Waals surface area contributed by atoms with E-state index < -0.39 is 11.9 Å². The fraction of sp³-hybridized carbons (Fsp3) is 0.207. The van der Waals surface area contributed by atoms with Gasteiger partial charge in [0.05, 0.1) is 10.7 Å². The number of aryl methyl sites for hydroxylation is 1. The number of nitrogens with zero attached hydrogens (tertiary/aromatic N) is 2. The minimum atomic E-state index is -0.914. The summed E-state index contributed by atoms with van der Waals surface area (Å²) in [6.45, 7) is 9.08. The van der Waals surface area contributed by atoms with E-state index in [0.29, 0.717) is 11.1 Å². The molecule has 0 atom stereocenters. The Morgan fingerprint density at radius 1 is 0.973 bits per heavy atom. The van der Waals surface area contributed by atoms with E-state index >= 15 is 0 Å². The lowest BCUT2D eigenvalue weighted by molar-refractivity contribution is -0.665. The predicted octanol–water partition coefficient (Wildman–Crippen LogP) is 6.67. The fourth-order valence-corrected chi connectivity index (χ4v) is 6.53. The molecule has 190 valence electrons. The van der Waals surface area contributed by atoms with E-state index in [1.807, 2.05) is 36.4 Å². The molecule has 0 amide bonds. The van der Waals surface area contributed by atoms with E-state index in [0.717, 1.165) is 55.1 Å². The Bertz CT molecular complexity index is 1510. The van der Waals surface area contributed by atoms with Gasteiger partial charge in [0.25, 0.3) is 5.01 Å². The van der Waals surface area contributed by atoms with Gasteiger partial charge in [0.1, 0.15) is 11.2 Å². The van der Waals surface area contributed by atoms with Crippen LogP contribution in [0.2, 0.25) is 0 Å². The largest absolute Gasteiger partial charge is 0.478 e. The monoisotopic (exact) mass is 533 g/mol. The maximum absolute atomic E-state index is 11.2. The highest BCUT2D eigenvalue weighted by Crippen LogP contribution is 2.46. The number of allylic oxidation sites excluding steroid dienone is 2. The molecule has 0 spiro atoms. The summed E-state index contributed by atoms with van der Waals surface area (Å²) in [5.74, 6) is -1.83. The van der Waals surface area contributed by atoms with Crippen molar-refractivity contribution in [1.82, 2.24) is 0 Å². The number of aromatic nitrogens is 1. The number of carboxylic acid groups (broad SMARTS) is 2. The predicted molar refractivity (Wildman–Crippen MR) is 153 cm³/mol. The quantitative estimate of drug-likeness (QED) is 0.249. The lowest BCUT2D eigenvalue weighted by Crippen LogP contribution is -2.33. The van der Waals surface area contributed by atoms with Crippen LogP contribution >= 0.6 is 23.1 Å². The molecule has 2 heterocycles. The van der Waals surface area contributed by atoms with Crippen molar-refractivity contribution in [3.05, 3.63) is 80.9 Å². The van der Waals surface area contributed by atoms with Gasteiger partial charge in [0, 0.05) is 34.7 Å². The summed E-state index contributed by atoms with van der Waals surface area (Å²) >= 11 is 3.36. The highest BCUT2D eigenvalue weighted by molar-refractivity contribution is 8.03. The Hall–Kier alpha value is -3.62. The third-order valence-corrected chi connectivity index (χ3v) is 8.29. The van der Waals surface area contributed by atoms with Gasteiger partial charge in [-0.15, -0.1) is 0 Å². The normalized spacial score (nSPS) is 15.2. The average molecular weight is 534 g/mol. The topological polar surface area (TPSA) is 81.7 Å². The highest BCUT2D eigenvalue weighted by Gasteiger charge is 2.24. The van der Waals surface area contributed by atoms with Gasteiger partial charge in [0.2, 0.25) is 5.52 Å². The molecule has 1 aliphatic rings. The third-order valence-electron chi connectivity index (χ3n) is 6.06. The lowest BCUT2D eigenvalue weighted by atomic mass is 10.1. The van der Waals surface area contributed by atoms with Gasteiger partial charge in [-0.2, -0.15) is 4.57 Å². The number of fused-ring (bicyclic) bond motifs is 2. The first kappa shape index (κ1) is 26.4. The van der Waals surface area contributed by atoms with Crippen LogP contribution < -0.4 is 9.47 Å². The molecule has 2 aromatic carbocycles. The van der Waals surface area contributed by atoms with Crippen LogP contribution in [0.3, 0.4) is 0 Å². The molecule has 3 aromatic rings. The molecule has 0 fully saturated rings. The molecular weight excluding hydrogens is 504 g/mol. The van der Waals surface area contributed by atoms with E-state index in [2.05, 4.69) is 41.5 Å². The molecular formula is C29H29N2O4S2+. The van der Waals surface area contributed by atoms with E-state index in [-0.39, 0.29) is 0 Å². The van der Waals surface area contributed by atoms with Crippen molar-refractivity contribution in [2.24, 2.45) is 0 Å². The second-order valence-corrected chi connectivity index (χ2v) is 10.7. The summed E-state index contributed by atoms with van der Waals surface area (Å²) in [5, 5.41) is 20.6. The summed E-state index contributed by atoms with van der Waals surface area (Å²) < 4.78 is 3.36. The Balaban J connectivity index is 1.61. The summed E-state index contributed by atoms with van der Waals surface area (Å²) in [5.41, 5.74) is 4.62. The first-order chi connectivity index (χ1) is 17.7. The van der Waals surface area contributed by atoms with Crippen LogP contribution in [0, 0.1) is 0 Å². The Labute approximate surface area is 224 Å². The number of hydrogen-bond donors (Lipinski definition) is 2. The van der Waals surface area contributed by atoms with Gasteiger partial charge in [-0.1, -0.05) is 35.2 Å². The molecule has 0 saturated carbocycles. The molecule has 1 aliphatic heterocycles. The van der Waals surface area contributed by atoms with Crippen molar-refractivity contribution >= 4 is 69.2 Å². The minimum absolute atomic E-state index is 0.307. The van der Waals surface area contributed by atoms with Crippen molar-refractivity contribution in [2.45, 2.75) is 39.1 Å². The molecule has 6 nitrogen and oxygen atoms in total. The molecule has 2 N–H and O–H groups in total. The Kier molecular flexibility index (Phi) is 8.00. The van der Waals surface area contributed by atoms with Gasteiger partial charge in [-0.3, -0.25) is 0 Å². The van der Waals surface area contributed by atoms with Crippen LogP contribution in [-0.2, 0) is 16.1 Å². The van der Waals surface area contributed by atoms with E-state index in [1.54, 1.807) is 49.1 Å². The zero-order valence-corrected chi connectivity index (χ0v) is 22.8. The van der Waals surface area contributed by atoms with Crippen molar-refractivity contribution in [2.75, 3.05) is 11.4 Å². The maximum Gasteiger partial charge on any atom is 0.331 e. The van der Waals surface area contributed by atoms with Gasteiger partial charge in [0.15, 0.2) is 0 Å². The second kappa shape index (κ2) is 11.2. The third kappa shape index (κ3) is 5.70. The highest BCUT2D eigenvalue weighted by atomic mass is 32.2. The van der Waals surface area contributed by atoms with Crippen LogP contribution in [0.25, 0.3) is 28.4 Å². The molecule has 0 aliphatic carbocycles. The van der Waals surface area contributed by atoms with Crippen LogP contribution in [0.1, 0.15) is 43.8 Å². The van der Waals surface area contributed by atoms with Crippen LogP contribution in [0.4, 0.5) is 5.69 Å². The molecule has 0 unspecified atom stereocenters. The number of hydrogen-bond acceptors (Lipinski definition) is 5.